The van der Waals surface area contributed by atoms with Crippen LogP contribution in [0, 0.1) is 6.92 Å². The summed E-state index contributed by atoms with van der Waals surface area (Å²) in [7, 11) is 1.42. The summed E-state index contributed by atoms with van der Waals surface area (Å²) in [4.78, 5) is 17.3. The first-order valence-corrected chi connectivity index (χ1v) is 9.38. The van der Waals surface area contributed by atoms with Crippen LogP contribution in [0.1, 0.15) is 21.5 Å². The monoisotopic (exact) mass is 425 g/mol. The fourth-order valence-electron chi connectivity index (χ4n) is 3.38. The highest BCUT2D eigenvalue weighted by molar-refractivity contribution is 6.06. The lowest BCUT2D eigenvalue weighted by Crippen LogP contribution is -2.19. The van der Waals surface area contributed by atoms with Gasteiger partial charge in [-0.2, -0.15) is 13.2 Å². The molecule has 0 aliphatic rings. The third-order valence-electron chi connectivity index (χ3n) is 4.90. The zero-order chi connectivity index (χ0) is 22.2. The van der Waals surface area contributed by atoms with Gasteiger partial charge in [-0.3, -0.25) is 4.79 Å². The number of fused-ring (bicyclic) bond motifs is 1. The largest absolute Gasteiger partial charge is 0.495 e. The molecular weight excluding hydrogens is 407 g/mol. The number of nitrogens with one attached hydrogen (secondary N) is 1. The van der Waals surface area contributed by atoms with E-state index in [2.05, 4.69) is 10.3 Å². The molecule has 31 heavy (non-hydrogen) atoms. The van der Waals surface area contributed by atoms with Crippen molar-refractivity contribution in [2.24, 2.45) is 0 Å². The van der Waals surface area contributed by atoms with E-state index >= 15 is 0 Å². The molecule has 0 unspecified atom stereocenters. The van der Waals surface area contributed by atoms with Crippen LogP contribution in [0.3, 0.4) is 0 Å². The Bertz CT molecular complexity index is 1280. The van der Waals surface area contributed by atoms with Crippen LogP contribution in [-0.4, -0.2) is 22.4 Å². The van der Waals surface area contributed by atoms with Gasteiger partial charge in [0, 0.05) is 18.0 Å². The fraction of sp³-hybridized carbons (Fsp3) is 0.130. The van der Waals surface area contributed by atoms with Gasteiger partial charge >= 0.3 is 6.18 Å². The zero-order valence-electron chi connectivity index (χ0n) is 16.7. The van der Waals surface area contributed by atoms with E-state index in [-0.39, 0.29) is 5.69 Å². The Morgan fingerprint density at radius 1 is 1.10 bits per heavy atom. The third-order valence-corrected chi connectivity index (χ3v) is 4.90. The first kappa shape index (κ1) is 20.5. The molecule has 0 bridgehead atoms. The van der Waals surface area contributed by atoms with E-state index in [1.807, 2.05) is 35.9 Å². The first-order valence-electron chi connectivity index (χ1n) is 9.38. The minimum Gasteiger partial charge on any atom is -0.495 e. The van der Waals surface area contributed by atoms with Crippen molar-refractivity contribution in [2.75, 3.05) is 12.4 Å². The van der Waals surface area contributed by atoms with Gasteiger partial charge in [0.25, 0.3) is 5.91 Å². The van der Waals surface area contributed by atoms with E-state index < -0.39 is 23.2 Å². The molecule has 1 N–H and O–H groups in total. The average molecular weight is 425 g/mol. The molecule has 2 aromatic heterocycles. The fourth-order valence-corrected chi connectivity index (χ4v) is 3.38. The van der Waals surface area contributed by atoms with Crippen LogP contribution in [0.4, 0.5) is 18.9 Å². The van der Waals surface area contributed by atoms with Crippen LogP contribution in [0.5, 0.6) is 5.75 Å². The van der Waals surface area contributed by atoms with Crippen molar-refractivity contribution in [3.8, 4) is 17.0 Å². The second-order valence-corrected chi connectivity index (χ2v) is 6.96. The number of carbonyl (C=O) groups excluding carboxylic acids is 1. The number of imidazole rings is 1. The molecule has 2 aromatic carbocycles. The van der Waals surface area contributed by atoms with Gasteiger partial charge in [-0.1, -0.05) is 18.2 Å². The van der Waals surface area contributed by atoms with Crippen molar-refractivity contribution in [1.82, 2.24) is 9.38 Å². The van der Waals surface area contributed by atoms with Crippen molar-refractivity contribution >= 4 is 17.2 Å². The van der Waals surface area contributed by atoms with Crippen molar-refractivity contribution in [2.45, 2.75) is 13.1 Å². The third kappa shape index (κ3) is 3.96. The molecule has 0 aliphatic heterocycles. The van der Waals surface area contributed by atoms with Crippen molar-refractivity contribution < 1.29 is 22.7 Å². The van der Waals surface area contributed by atoms with Crippen LogP contribution < -0.4 is 10.1 Å². The molecule has 158 valence electrons. The molecule has 8 heteroatoms. The maximum Gasteiger partial charge on any atom is 0.417 e. The maximum atomic E-state index is 13.3. The molecule has 0 saturated heterocycles. The number of alkyl halides is 3. The van der Waals surface area contributed by atoms with Gasteiger partial charge in [0.1, 0.15) is 11.4 Å². The number of carbonyl (C=O) groups is 1. The summed E-state index contributed by atoms with van der Waals surface area (Å²) in [6.07, 6.45) is -0.928. The minimum absolute atomic E-state index is 0.246. The minimum atomic E-state index is -4.64. The number of pyridine rings is 1. The second-order valence-electron chi connectivity index (χ2n) is 6.96. The quantitative estimate of drug-likeness (QED) is 0.464. The highest BCUT2D eigenvalue weighted by Crippen LogP contribution is 2.34. The molecule has 2 heterocycles. The summed E-state index contributed by atoms with van der Waals surface area (Å²) in [5.74, 6) is -0.559. The average Bonchev–Trinajstić information content (AvgIpc) is 3.19. The number of rotatable bonds is 4. The molecule has 1 amide bonds. The summed E-state index contributed by atoms with van der Waals surface area (Å²) >= 11 is 0. The molecule has 0 atom stereocenters. The number of amides is 1. The zero-order valence-corrected chi connectivity index (χ0v) is 16.7. The van der Waals surface area contributed by atoms with Gasteiger partial charge in [0.05, 0.1) is 29.6 Å². The summed E-state index contributed by atoms with van der Waals surface area (Å²) in [5.41, 5.74) is 1.91. The van der Waals surface area contributed by atoms with Crippen LogP contribution >= 0.6 is 0 Å². The summed E-state index contributed by atoms with van der Waals surface area (Å²) in [6, 6.07) is 13.5. The number of ether oxygens (including phenoxy) is 1. The molecule has 0 aliphatic carbocycles. The number of nitrogens with zero attached hydrogens (tertiary/aromatic N) is 2. The number of halogens is 3. The van der Waals surface area contributed by atoms with Gasteiger partial charge in [0.2, 0.25) is 0 Å². The van der Waals surface area contributed by atoms with Crippen molar-refractivity contribution in [3.05, 3.63) is 83.7 Å². The van der Waals surface area contributed by atoms with E-state index in [1.165, 1.54) is 19.2 Å². The van der Waals surface area contributed by atoms with Gasteiger partial charge in [-0.15, -0.1) is 0 Å². The molecule has 0 saturated carbocycles. The maximum absolute atomic E-state index is 13.3. The van der Waals surface area contributed by atoms with Crippen molar-refractivity contribution in [1.29, 1.82) is 0 Å². The lowest BCUT2D eigenvalue weighted by molar-refractivity contribution is -0.137. The number of aryl methyl sites for hydroxylation is 1. The van der Waals surface area contributed by atoms with Crippen LogP contribution in [0.25, 0.3) is 16.9 Å². The summed E-state index contributed by atoms with van der Waals surface area (Å²) in [6.45, 7) is 1.95. The van der Waals surface area contributed by atoms with E-state index in [9.17, 15) is 18.0 Å². The van der Waals surface area contributed by atoms with Gasteiger partial charge in [-0.25, -0.2) is 4.98 Å². The van der Waals surface area contributed by atoms with Gasteiger partial charge < -0.3 is 14.5 Å². The lowest BCUT2D eigenvalue weighted by atomic mass is 10.1. The predicted molar refractivity (Wildman–Crippen MR) is 111 cm³/mol. The number of methoxy groups -OCH3 is 1. The molecule has 0 spiro atoms. The van der Waals surface area contributed by atoms with Crippen LogP contribution in [0.2, 0.25) is 0 Å². The Morgan fingerprint density at radius 2 is 1.87 bits per heavy atom. The van der Waals surface area contributed by atoms with Gasteiger partial charge in [0.15, 0.2) is 0 Å². The van der Waals surface area contributed by atoms with Gasteiger partial charge in [-0.05, 0) is 48.9 Å². The second kappa shape index (κ2) is 7.79. The smallest absolute Gasteiger partial charge is 0.417 e. The number of hydrogen-bond acceptors (Lipinski definition) is 3. The molecule has 5 nitrogen and oxygen atoms in total. The number of aromatic nitrogens is 2. The first-order chi connectivity index (χ1) is 14.8. The predicted octanol–water partition coefficient (Wildman–Crippen LogP) is 5.59. The number of hydrogen-bond donors (Lipinski definition) is 1. The van der Waals surface area contributed by atoms with E-state index in [0.717, 1.165) is 23.3 Å². The highest BCUT2D eigenvalue weighted by atomic mass is 19.4. The van der Waals surface area contributed by atoms with E-state index in [4.69, 9.17) is 4.74 Å². The van der Waals surface area contributed by atoms with Crippen LogP contribution in [0.15, 0.2) is 67.0 Å². The summed E-state index contributed by atoms with van der Waals surface area (Å²) in [5, 5.41) is 2.55. The molecule has 0 radical (unpaired) electrons. The number of benzene rings is 2. The standard InChI is InChI=1S/C23H18F3N3O2/c1-14-6-5-11-29-13-19(27-21(14)29)15-9-10-20(31-2)18(12-15)28-22(30)16-7-3-4-8-17(16)23(24,25)26/h3-13H,1-2H3,(H,28,30). The SMILES string of the molecule is COc1ccc(-c2cn3cccc(C)c3n2)cc1NC(=O)c1ccccc1C(F)(F)F. The highest BCUT2D eigenvalue weighted by Gasteiger charge is 2.35. The Hall–Kier alpha value is -3.81. The molecule has 4 aromatic rings. The normalized spacial score (nSPS) is 11.5. The Morgan fingerprint density at radius 3 is 2.58 bits per heavy atom. The Balaban J connectivity index is 1.72. The Labute approximate surface area is 176 Å². The number of anilines is 1. The Kier molecular flexibility index (Phi) is 5.14. The topological polar surface area (TPSA) is 55.6 Å². The summed E-state index contributed by atoms with van der Waals surface area (Å²) < 4.78 is 47.1. The van der Waals surface area contributed by atoms with Crippen molar-refractivity contribution in [3.63, 3.8) is 0 Å². The molecule has 0 fully saturated rings. The van der Waals surface area contributed by atoms with Crippen LogP contribution in [-0.2, 0) is 6.18 Å². The van der Waals surface area contributed by atoms with E-state index in [1.54, 1.807) is 18.2 Å². The molecular formula is C23H18F3N3O2. The molecule has 4 rings (SSSR count). The lowest BCUT2D eigenvalue weighted by Gasteiger charge is -2.15. The van der Waals surface area contributed by atoms with E-state index in [0.29, 0.717) is 17.0 Å².